The van der Waals surface area contributed by atoms with Crippen LogP contribution in [0.5, 0.6) is 0 Å². The molecule has 7 heteroatoms. The summed E-state index contributed by atoms with van der Waals surface area (Å²) < 4.78 is 0.758. The smallest absolute Gasteiger partial charge is 0.236 e. The average Bonchev–Trinajstić information content (AvgIpc) is 2.85. The highest BCUT2D eigenvalue weighted by atomic mass is 35.5. The molecule has 2 heterocycles. The minimum atomic E-state index is 0.127. The van der Waals surface area contributed by atoms with Crippen molar-refractivity contribution in [2.75, 3.05) is 46.8 Å². The van der Waals surface area contributed by atoms with E-state index in [2.05, 4.69) is 16.8 Å². The summed E-state index contributed by atoms with van der Waals surface area (Å²) in [5, 5.41) is 0. The van der Waals surface area contributed by atoms with E-state index in [9.17, 15) is 4.79 Å². The van der Waals surface area contributed by atoms with Crippen LogP contribution >= 0.6 is 22.9 Å². The van der Waals surface area contributed by atoms with E-state index in [4.69, 9.17) is 17.3 Å². The maximum atomic E-state index is 12.4. The standard InChI is InChI=1S/C14H23ClN4OS/c1-17-5-6-19(11(7-16)8-17)10-14(20)18(2)9-12-3-4-13(15)21-12/h3-4,11H,5-10,16H2,1-2H3. The van der Waals surface area contributed by atoms with Crippen molar-refractivity contribution in [3.8, 4) is 0 Å². The van der Waals surface area contributed by atoms with Crippen LogP contribution in [-0.4, -0.2) is 73.5 Å². The average molecular weight is 331 g/mol. The largest absolute Gasteiger partial charge is 0.340 e. The summed E-state index contributed by atoms with van der Waals surface area (Å²) in [7, 11) is 3.93. The summed E-state index contributed by atoms with van der Waals surface area (Å²) in [4.78, 5) is 19.7. The van der Waals surface area contributed by atoms with E-state index in [1.54, 1.807) is 4.90 Å². The molecule has 1 atom stereocenters. The molecule has 118 valence electrons. The maximum absolute atomic E-state index is 12.4. The van der Waals surface area contributed by atoms with Gasteiger partial charge >= 0.3 is 0 Å². The maximum Gasteiger partial charge on any atom is 0.236 e. The highest BCUT2D eigenvalue weighted by molar-refractivity contribution is 7.16. The zero-order chi connectivity index (χ0) is 15.4. The van der Waals surface area contributed by atoms with Gasteiger partial charge in [-0.3, -0.25) is 9.69 Å². The summed E-state index contributed by atoms with van der Waals surface area (Å²) in [5.41, 5.74) is 5.83. The van der Waals surface area contributed by atoms with E-state index < -0.39 is 0 Å². The summed E-state index contributed by atoms with van der Waals surface area (Å²) in [6.45, 7) is 4.43. The Kier molecular flexibility index (Phi) is 6.01. The molecule has 0 bridgehead atoms. The van der Waals surface area contributed by atoms with E-state index in [1.165, 1.54) is 11.3 Å². The molecular weight excluding hydrogens is 308 g/mol. The van der Waals surface area contributed by atoms with Crippen LogP contribution in [0.15, 0.2) is 12.1 Å². The monoisotopic (exact) mass is 330 g/mol. The molecule has 2 N–H and O–H groups in total. The van der Waals surface area contributed by atoms with Gasteiger partial charge in [-0.1, -0.05) is 11.6 Å². The van der Waals surface area contributed by atoms with Crippen molar-refractivity contribution in [2.45, 2.75) is 12.6 Å². The second-order valence-corrected chi connectivity index (χ2v) is 7.38. The molecule has 1 aromatic rings. The minimum absolute atomic E-state index is 0.127. The summed E-state index contributed by atoms with van der Waals surface area (Å²) in [5.74, 6) is 0.127. The molecule has 1 aliphatic rings. The lowest BCUT2D eigenvalue weighted by atomic mass is 10.1. The van der Waals surface area contributed by atoms with Crippen molar-refractivity contribution in [3.05, 3.63) is 21.3 Å². The number of nitrogens with two attached hydrogens (primary N) is 1. The Morgan fingerprint density at radius 1 is 1.52 bits per heavy atom. The molecule has 5 nitrogen and oxygen atoms in total. The van der Waals surface area contributed by atoms with Crippen molar-refractivity contribution in [3.63, 3.8) is 0 Å². The number of hydrogen-bond donors (Lipinski definition) is 1. The number of likely N-dealkylation sites (N-methyl/N-ethyl adjacent to an activating group) is 2. The van der Waals surface area contributed by atoms with Crippen molar-refractivity contribution in [1.29, 1.82) is 0 Å². The molecule has 0 saturated carbocycles. The zero-order valence-electron chi connectivity index (χ0n) is 12.6. The first-order chi connectivity index (χ1) is 9.99. The number of thiophene rings is 1. The minimum Gasteiger partial charge on any atom is -0.340 e. The van der Waals surface area contributed by atoms with Crippen molar-refractivity contribution in [2.24, 2.45) is 5.73 Å². The van der Waals surface area contributed by atoms with E-state index in [0.717, 1.165) is 28.8 Å². The number of halogens is 1. The Morgan fingerprint density at radius 3 is 2.90 bits per heavy atom. The van der Waals surface area contributed by atoms with Gasteiger partial charge in [0.25, 0.3) is 0 Å². The number of piperazine rings is 1. The third-order valence-corrected chi connectivity index (χ3v) is 5.08. The van der Waals surface area contributed by atoms with Gasteiger partial charge in [0.1, 0.15) is 0 Å². The number of rotatable bonds is 5. The molecule has 0 aromatic carbocycles. The Bertz CT molecular complexity index is 481. The van der Waals surface area contributed by atoms with Gasteiger partial charge in [-0.25, -0.2) is 0 Å². The zero-order valence-corrected chi connectivity index (χ0v) is 14.2. The van der Waals surface area contributed by atoms with Crippen LogP contribution in [0.25, 0.3) is 0 Å². The molecule has 1 amide bonds. The van der Waals surface area contributed by atoms with Crippen LogP contribution in [0.4, 0.5) is 0 Å². The summed E-state index contributed by atoms with van der Waals surface area (Å²) in [6.07, 6.45) is 0. The first kappa shape index (κ1) is 16.7. The highest BCUT2D eigenvalue weighted by Gasteiger charge is 2.26. The number of carbonyl (C=O) groups excluding carboxylic acids is 1. The third kappa shape index (κ3) is 4.66. The van der Waals surface area contributed by atoms with Gasteiger partial charge in [-0.05, 0) is 19.2 Å². The molecule has 0 radical (unpaired) electrons. The second-order valence-electron chi connectivity index (χ2n) is 5.58. The number of carbonyl (C=O) groups is 1. The van der Waals surface area contributed by atoms with E-state index >= 15 is 0 Å². The summed E-state index contributed by atoms with van der Waals surface area (Å²) >= 11 is 7.44. The normalized spacial score (nSPS) is 20.7. The fourth-order valence-corrected chi connectivity index (χ4v) is 3.67. The SMILES string of the molecule is CN1CCN(CC(=O)N(C)Cc2ccc(Cl)s2)C(CN)C1. The molecule has 21 heavy (non-hydrogen) atoms. The van der Waals surface area contributed by atoms with E-state index in [1.807, 2.05) is 19.2 Å². The van der Waals surface area contributed by atoms with Crippen molar-refractivity contribution < 1.29 is 4.79 Å². The molecular formula is C14H23ClN4OS. The Hall–Kier alpha value is -0.660. The van der Waals surface area contributed by atoms with Crippen LogP contribution in [-0.2, 0) is 11.3 Å². The third-order valence-electron chi connectivity index (χ3n) is 3.87. The van der Waals surface area contributed by atoms with Crippen LogP contribution < -0.4 is 5.73 Å². The van der Waals surface area contributed by atoms with E-state index in [0.29, 0.717) is 19.6 Å². The fraction of sp³-hybridized carbons (Fsp3) is 0.643. The molecule has 0 spiro atoms. The van der Waals surface area contributed by atoms with Gasteiger partial charge in [0.2, 0.25) is 5.91 Å². The quantitative estimate of drug-likeness (QED) is 0.873. The molecule has 1 aromatic heterocycles. The lowest BCUT2D eigenvalue weighted by Crippen LogP contribution is -2.56. The molecule has 1 aliphatic heterocycles. The van der Waals surface area contributed by atoms with E-state index in [-0.39, 0.29) is 11.9 Å². The van der Waals surface area contributed by atoms with Crippen LogP contribution in [0.2, 0.25) is 4.34 Å². The van der Waals surface area contributed by atoms with Gasteiger partial charge in [0.15, 0.2) is 0 Å². The number of hydrogen-bond acceptors (Lipinski definition) is 5. The molecule has 1 saturated heterocycles. The van der Waals surface area contributed by atoms with Crippen LogP contribution in [0.1, 0.15) is 4.88 Å². The lowest BCUT2D eigenvalue weighted by molar-refractivity contribution is -0.132. The number of amides is 1. The van der Waals surface area contributed by atoms with Crippen molar-refractivity contribution >= 4 is 28.8 Å². The van der Waals surface area contributed by atoms with Gasteiger partial charge in [0, 0.05) is 44.1 Å². The number of nitrogens with zero attached hydrogens (tertiary/aromatic N) is 3. The van der Waals surface area contributed by atoms with Gasteiger partial charge in [0.05, 0.1) is 17.4 Å². The Balaban J connectivity index is 1.87. The topological polar surface area (TPSA) is 52.8 Å². The van der Waals surface area contributed by atoms with Crippen molar-refractivity contribution in [1.82, 2.24) is 14.7 Å². The molecule has 1 unspecified atom stereocenters. The predicted molar refractivity (Wildman–Crippen MR) is 87.7 cm³/mol. The fourth-order valence-electron chi connectivity index (χ4n) is 2.53. The first-order valence-electron chi connectivity index (χ1n) is 7.10. The Labute approximate surface area is 135 Å². The first-order valence-corrected chi connectivity index (χ1v) is 8.30. The Morgan fingerprint density at radius 2 is 2.29 bits per heavy atom. The van der Waals surface area contributed by atoms with Gasteiger partial charge in [-0.2, -0.15) is 0 Å². The molecule has 0 aliphatic carbocycles. The van der Waals surface area contributed by atoms with Crippen LogP contribution in [0.3, 0.4) is 0 Å². The van der Waals surface area contributed by atoms with Gasteiger partial charge < -0.3 is 15.5 Å². The molecule has 1 fully saturated rings. The molecule has 2 rings (SSSR count). The van der Waals surface area contributed by atoms with Gasteiger partial charge in [-0.15, -0.1) is 11.3 Å². The lowest BCUT2D eigenvalue weighted by Gasteiger charge is -2.39. The second kappa shape index (κ2) is 7.56. The predicted octanol–water partition coefficient (Wildman–Crippen LogP) is 0.935. The highest BCUT2D eigenvalue weighted by Crippen LogP contribution is 2.22. The van der Waals surface area contributed by atoms with Crippen LogP contribution in [0, 0.1) is 0 Å². The summed E-state index contributed by atoms with van der Waals surface area (Å²) in [6, 6.07) is 4.09.